The molecule has 124 valence electrons. The number of amides is 1. The summed E-state index contributed by atoms with van der Waals surface area (Å²) in [4.78, 5) is 16.8. The molecule has 0 unspecified atom stereocenters. The van der Waals surface area contributed by atoms with Crippen LogP contribution < -0.4 is 10.1 Å². The number of halogens is 1. The zero-order chi connectivity index (χ0) is 17.3. The van der Waals surface area contributed by atoms with Gasteiger partial charge in [-0.1, -0.05) is 35.1 Å². The van der Waals surface area contributed by atoms with Gasteiger partial charge in [-0.2, -0.15) is 0 Å². The fraction of sp³-hybridized carbons (Fsp3) is 0.222. The van der Waals surface area contributed by atoms with Crippen LogP contribution in [0.25, 0.3) is 10.2 Å². The van der Waals surface area contributed by atoms with Crippen LogP contribution in [0.1, 0.15) is 18.1 Å². The lowest BCUT2D eigenvalue weighted by atomic mass is 10.2. The number of aromatic nitrogens is 1. The molecule has 4 nitrogen and oxygen atoms in total. The maximum absolute atomic E-state index is 12.4. The summed E-state index contributed by atoms with van der Waals surface area (Å²) >= 11 is 7.39. The average Bonchev–Trinajstić information content (AvgIpc) is 2.94. The molecular weight excluding hydrogens is 344 g/mol. The molecule has 1 atom stereocenters. The highest BCUT2D eigenvalue weighted by Crippen LogP contribution is 2.28. The van der Waals surface area contributed by atoms with Gasteiger partial charge in [-0.05, 0) is 56.2 Å². The predicted octanol–water partition coefficient (Wildman–Crippen LogP) is 4.97. The molecule has 1 amide bonds. The number of para-hydroxylation sites is 1. The third kappa shape index (κ3) is 3.52. The second-order valence-corrected chi connectivity index (χ2v) is 7.07. The first-order valence-electron chi connectivity index (χ1n) is 7.54. The van der Waals surface area contributed by atoms with Crippen LogP contribution in [0.2, 0.25) is 5.02 Å². The number of ether oxygens (including phenoxy) is 1. The highest BCUT2D eigenvalue weighted by Gasteiger charge is 2.18. The van der Waals surface area contributed by atoms with Gasteiger partial charge in [0.05, 0.1) is 10.2 Å². The number of benzene rings is 2. The quantitative estimate of drug-likeness (QED) is 0.714. The minimum Gasteiger partial charge on any atom is -0.481 e. The molecule has 0 radical (unpaired) electrons. The fourth-order valence-corrected chi connectivity index (χ4v) is 3.51. The lowest BCUT2D eigenvalue weighted by molar-refractivity contribution is -0.122. The molecule has 24 heavy (non-hydrogen) atoms. The number of nitrogens with one attached hydrogen (secondary N) is 1. The second kappa shape index (κ2) is 6.79. The Kier molecular flexibility index (Phi) is 4.73. The lowest BCUT2D eigenvalue weighted by Gasteiger charge is -2.15. The van der Waals surface area contributed by atoms with Crippen molar-refractivity contribution < 1.29 is 9.53 Å². The summed E-state index contributed by atoms with van der Waals surface area (Å²) < 4.78 is 6.79. The highest BCUT2D eigenvalue weighted by atomic mass is 35.5. The number of nitrogens with zero attached hydrogens (tertiary/aromatic N) is 1. The molecule has 0 aliphatic heterocycles. The van der Waals surface area contributed by atoms with E-state index in [0.29, 0.717) is 15.9 Å². The molecule has 0 fully saturated rings. The minimum atomic E-state index is -0.641. The van der Waals surface area contributed by atoms with E-state index < -0.39 is 6.10 Å². The number of hydrogen-bond donors (Lipinski definition) is 1. The number of fused-ring (bicyclic) bond motifs is 1. The van der Waals surface area contributed by atoms with Gasteiger partial charge >= 0.3 is 0 Å². The van der Waals surface area contributed by atoms with E-state index in [1.54, 1.807) is 25.1 Å². The molecule has 0 saturated carbocycles. The van der Waals surface area contributed by atoms with Crippen LogP contribution in [-0.2, 0) is 4.79 Å². The van der Waals surface area contributed by atoms with E-state index in [0.717, 1.165) is 21.3 Å². The van der Waals surface area contributed by atoms with E-state index in [1.165, 1.54) is 11.3 Å². The van der Waals surface area contributed by atoms with Gasteiger partial charge in [-0.15, -0.1) is 0 Å². The highest BCUT2D eigenvalue weighted by molar-refractivity contribution is 7.22. The Bertz CT molecular complexity index is 907. The van der Waals surface area contributed by atoms with E-state index in [-0.39, 0.29) is 5.91 Å². The summed E-state index contributed by atoms with van der Waals surface area (Å²) in [6, 6.07) is 11.3. The number of carbonyl (C=O) groups excluding carboxylic acids is 1. The predicted molar refractivity (Wildman–Crippen MR) is 99.3 cm³/mol. The van der Waals surface area contributed by atoms with Gasteiger partial charge < -0.3 is 4.74 Å². The first kappa shape index (κ1) is 16.7. The molecule has 0 bridgehead atoms. The van der Waals surface area contributed by atoms with Gasteiger partial charge in [0.1, 0.15) is 5.75 Å². The summed E-state index contributed by atoms with van der Waals surface area (Å²) in [7, 11) is 0. The monoisotopic (exact) mass is 360 g/mol. The Labute approximate surface area is 149 Å². The van der Waals surface area contributed by atoms with Crippen molar-refractivity contribution in [3.05, 3.63) is 52.5 Å². The summed E-state index contributed by atoms with van der Waals surface area (Å²) in [6.07, 6.45) is -0.641. The topological polar surface area (TPSA) is 51.2 Å². The van der Waals surface area contributed by atoms with Crippen LogP contribution in [0.3, 0.4) is 0 Å². The Morgan fingerprint density at radius 2 is 2.04 bits per heavy atom. The number of carbonyl (C=O) groups is 1. The standard InChI is InChI=1S/C18H17ClN2O2S/c1-10-5-4-6-15-16(10)20-18(24-15)21-17(22)12(3)23-14-8-7-13(19)9-11(14)2/h4-9,12H,1-3H3,(H,20,21,22)/t12-/m1/s1. The Morgan fingerprint density at radius 1 is 1.25 bits per heavy atom. The van der Waals surface area contributed by atoms with Crippen LogP contribution >= 0.6 is 22.9 Å². The first-order valence-corrected chi connectivity index (χ1v) is 8.73. The largest absolute Gasteiger partial charge is 0.481 e. The molecule has 3 aromatic rings. The molecule has 0 spiro atoms. The van der Waals surface area contributed by atoms with Crippen LogP contribution in [0.5, 0.6) is 5.75 Å². The normalized spacial score (nSPS) is 12.2. The van der Waals surface area contributed by atoms with Crippen molar-refractivity contribution in [1.29, 1.82) is 0 Å². The molecule has 2 aromatic carbocycles. The summed E-state index contributed by atoms with van der Waals surface area (Å²) in [5.41, 5.74) is 2.89. The molecule has 3 rings (SSSR count). The second-order valence-electron chi connectivity index (χ2n) is 5.60. The van der Waals surface area contributed by atoms with Crippen molar-refractivity contribution in [3.8, 4) is 5.75 Å². The van der Waals surface area contributed by atoms with Crippen LogP contribution in [0.4, 0.5) is 5.13 Å². The molecule has 1 N–H and O–H groups in total. The van der Waals surface area contributed by atoms with E-state index in [1.807, 2.05) is 32.0 Å². The number of aryl methyl sites for hydroxylation is 2. The molecule has 1 aromatic heterocycles. The smallest absolute Gasteiger partial charge is 0.266 e. The summed E-state index contributed by atoms with van der Waals surface area (Å²) in [6.45, 7) is 5.60. The Balaban J connectivity index is 1.72. The van der Waals surface area contributed by atoms with Crippen LogP contribution in [0.15, 0.2) is 36.4 Å². The Hall–Kier alpha value is -2.11. The fourth-order valence-electron chi connectivity index (χ4n) is 2.34. The zero-order valence-corrected chi connectivity index (χ0v) is 15.2. The number of hydrogen-bond acceptors (Lipinski definition) is 4. The SMILES string of the molecule is Cc1cc(Cl)ccc1O[C@H](C)C(=O)Nc1nc2c(C)cccc2s1. The number of anilines is 1. The van der Waals surface area contributed by atoms with Crippen molar-refractivity contribution in [2.45, 2.75) is 26.9 Å². The molecule has 1 heterocycles. The summed E-state index contributed by atoms with van der Waals surface area (Å²) in [5.74, 6) is 0.406. The molecular formula is C18H17ClN2O2S. The van der Waals surface area contributed by atoms with Crippen LogP contribution in [0, 0.1) is 13.8 Å². The van der Waals surface area contributed by atoms with E-state index in [2.05, 4.69) is 10.3 Å². The molecule has 6 heteroatoms. The first-order chi connectivity index (χ1) is 11.4. The number of rotatable bonds is 4. The lowest BCUT2D eigenvalue weighted by Crippen LogP contribution is -2.30. The van der Waals surface area contributed by atoms with Gasteiger partial charge in [0.2, 0.25) is 0 Å². The van der Waals surface area contributed by atoms with Gasteiger partial charge in [-0.3, -0.25) is 10.1 Å². The van der Waals surface area contributed by atoms with Crippen molar-refractivity contribution in [2.24, 2.45) is 0 Å². The maximum Gasteiger partial charge on any atom is 0.266 e. The van der Waals surface area contributed by atoms with Gasteiger partial charge in [0.15, 0.2) is 11.2 Å². The summed E-state index contributed by atoms with van der Waals surface area (Å²) in [5, 5.41) is 4.04. The van der Waals surface area contributed by atoms with Crippen molar-refractivity contribution in [3.63, 3.8) is 0 Å². The Morgan fingerprint density at radius 3 is 2.75 bits per heavy atom. The third-order valence-corrected chi connectivity index (χ3v) is 4.83. The van der Waals surface area contributed by atoms with E-state index in [4.69, 9.17) is 16.3 Å². The van der Waals surface area contributed by atoms with Gasteiger partial charge in [0, 0.05) is 5.02 Å². The third-order valence-electron chi connectivity index (χ3n) is 3.66. The van der Waals surface area contributed by atoms with Crippen molar-refractivity contribution >= 4 is 44.2 Å². The molecule has 0 aliphatic rings. The van der Waals surface area contributed by atoms with E-state index in [9.17, 15) is 4.79 Å². The van der Waals surface area contributed by atoms with Crippen molar-refractivity contribution in [2.75, 3.05) is 5.32 Å². The number of thiazole rings is 1. The minimum absolute atomic E-state index is 0.235. The van der Waals surface area contributed by atoms with Gasteiger partial charge in [-0.25, -0.2) is 4.98 Å². The van der Waals surface area contributed by atoms with Crippen molar-refractivity contribution in [1.82, 2.24) is 4.98 Å². The maximum atomic E-state index is 12.4. The van der Waals surface area contributed by atoms with Gasteiger partial charge in [0.25, 0.3) is 5.91 Å². The average molecular weight is 361 g/mol. The molecule has 0 aliphatic carbocycles. The van der Waals surface area contributed by atoms with Crippen LogP contribution in [-0.4, -0.2) is 17.0 Å². The molecule has 0 saturated heterocycles. The van der Waals surface area contributed by atoms with E-state index >= 15 is 0 Å². The zero-order valence-electron chi connectivity index (χ0n) is 13.6.